The van der Waals surface area contributed by atoms with Gasteiger partial charge in [0.1, 0.15) is 0 Å². The molecular formula is C16H24ClN3O. The fourth-order valence-corrected chi connectivity index (χ4v) is 2.98. The molecule has 1 aliphatic heterocycles. The third-order valence-electron chi connectivity index (χ3n) is 3.78. The molecule has 1 fully saturated rings. The van der Waals surface area contributed by atoms with Crippen LogP contribution in [-0.2, 0) is 4.79 Å². The highest BCUT2D eigenvalue weighted by molar-refractivity contribution is 6.34. The van der Waals surface area contributed by atoms with Gasteiger partial charge in [-0.25, -0.2) is 0 Å². The van der Waals surface area contributed by atoms with Crippen molar-refractivity contribution in [1.29, 1.82) is 0 Å². The lowest BCUT2D eigenvalue weighted by Crippen LogP contribution is -2.39. The van der Waals surface area contributed by atoms with Gasteiger partial charge in [-0.05, 0) is 44.0 Å². The second-order valence-corrected chi connectivity index (χ2v) is 6.04. The predicted molar refractivity (Wildman–Crippen MR) is 89.1 cm³/mol. The molecule has 0 saturated carbocycles. The number of carbonyl (C=O) groups is 1. The molecule has 5 heteroatoms. The Morgan fingerprint density at radius 3 is 2.67 bits per heavy atom. The number of anilines is 2. The summed E-state index contributed by atoms with van der Waals surface area (Å²) in [6, 6.07) is 6.19. The van der Waals surface area contributed by atoms with Gasteiger partial charge in [-0.3, -0.25) is 4.79 Å². The van der Waals surface area contributed by atoms with E-state index in [1.807, 2.05) is 18.2 Å². The quantitative estimate of drug-likeness (QED) is 0.873. The van der Waals surface area contributed by atoms with Crippen molar-refractivity contribution in [2.45, 2.75) is 39.2 Å². The SMILES string of the molecule is CCCN1CCC(Nc2ccc(NC(C)=O)c(Cl)c2)CC1. The third kappa shape index (κ3) is 4.90. The molecule has 0 aromatic heterocycles. The standard InChI is InChI=1S/C16H24ClN3O/c1-3-8-20-9-6-13(7-10-20)19-14-4-5-16(15(17)11-14)18-12(2)21/h4-5,11,13,19H,3,6-10H2,1-2H3,(H,18,21). The smallest absolute Gasteiger partial charge is 0.221 e. The molecule has 1 heterocycles. The van der Waals surface area contributed by atoms with Gasteiger partial charge in [0.25, 0.3) is 0 Å². The van der Waals surface area contributed by atoms with Crippen LogP contribution in [0.1, 0.15) is 33.1 Å². The van der Waals surface area contributed by atoms with Gasteiger partial charge in [0.2, 0.25) is 5.91 Å². The molecule has 1 amide bonds. The second kappa shape index (κ2) is 7.66. The minimum Gasteiger partial charge on any atom is -0.382 e. The molecule has 4 nitrogen and oxygen atoms in total. The molecule has 0 bridgehead atoms. The highest BCUT2D eigenvalue weighted by Gasteiger charge is 2.18. The highest BCUT2D eigenvalue weighted by Crippen LogP contribution is 2.27. The van der Waals surface area contributed by atoms with Crippen LogP contribution >= 0.6 is 11.6 Å². The first kappa shape index (κ1) is 16.1. The molecule has 1 aromatic carbocycles. The van der Waals surface area contributed by atoms with Crippen molar-refractivity contribution in [3.63, 3.8) is 0 Å². The van der Waals surface area contributed by atoms with Crippen LogP contribution in [0.5, 0.6) is 0 Å². The van der Waals surface area contributed by atoms with Crippen molar-refractivity contribution in [1.82, 2.24) is 4.90 Å². The summed E-state index contributed by atoms with van der Waals surface area (Å²) < 4.78 is 0. The van der Waals surface area contributed by atoms with E-state index < -0.39 is 0 Å². The number of halogens is 1. The van der Waals surface area contributed by atoms with Crippen molar-refractivity contribution in [2.24, 2.45) is 0 Å². The number of benzene rings is 1. The number of carbonyl (C=O) groups excluding carboxylic acids is 1. The van der Waals surface area contributed by atoms with Crippen LogP contribution in [0.3, 0.4) is 0 Å². The van der Waals surface area contributed by atoms with Crippen LogP contribution in [0.2, 0.25) is 5.02 Å². The molecular weight excluding hydrogens is 286 g/mol. The van der Waals surface area contributed by atoms with Crippen LogP contribution in [0.25, 0.3) is 0 Å². The number of likely N-dealkylation sites (tertiary alicyclic amines) is 1. The van der Waals surface area contributed by atoms with Crippen molar-refractivity contribution in [3.8, 4) is 0 Å². The molecule has 0 atom stereocenters. The Balaban J connectivity index is 1.89. The first-order chi connectivity index (χ1) is 10.1. The summed E-state index contributed by atoms with van der Waals surface area (Å²) in [6.45, 7) is 7.21. The average Bonchev–Trinajstić information content (AvgIpc) is 2.44. The lowest BCUT2D eigenvalue weighted by atomic mass is 10.0. The van der Waals surface area contributed by atoms with Gasteiger partial charge in [0, 0.05) is 31.7 Å². The maximum absolute atomic E-state index is 11.1. The summed E-state index contributed by atoms with van der Waals surface area (Å²) in [5.74, 6) is -0.110. The number of nitrogens with zero attached hydrogens (tertiary/aromatic N) is 1. The Hall–Kier alpha value is -1.26. The summed E-state index contributed by atoms with van der Waals surface area (Å²) in [6.07, 6.45) is 3.54. The lowest BCUT2D eigenvalue weighted by Gasteiger charge is -2.32. The van der Waals surface area contributed by atoms with Gasteiger partial charge < -0.3 is 15.5 Å². The van der Waals surface area contributed by atoms with E-state index in [1.54, 1.807) is 0 Å². The van der Waals surface area contributed by atoms with Crippen LogP contribution in [0.4, 0.5) is 11.4 Å². The molecule has 0 unspecified atom stereocenters. The monoisotopic (exact) mass is 309 g/mol. The number of nitrogens with one attached hydrogen (secondary N) is 2. The van der Waals surface area contributed by atoms with Crippen molar-refractivity contribution >= 4 is 28.9 Å². The highest BCUT2D eigenvalue weighted by atomic mass is 35.5. The molecule has 2 rings (SSSR count). The van der Waals surface area contributed by atoms with Crippen molar-refractivity contribution in [2.75, 3.05) is 30.3 Å². The van der Waals surface area contributed by atoms with Crippen LogP contribution in [-0.4, -0.2) is 36.5 Å². The van der Waals surface area contributed by atoms with Crippen LogP contribution in [0.15, 0.2) is 18.2 Å². The van der Waals surface area contributed by atoms with E-state index in [0.29, 0.717) is 16.8 Å². The zero-order valence-corrected chi connectivity index (χ0v) is 13.5. The Morgan fingerprint density at radius 1 is 1.38 bits per heavy atom. The summed E-state index contributed by atoms with van der Waals surface area (Å²) >= 11 is 6.19. The van der Waals surface area contributed by atoms with E-state index in [-0.39, 0.29) is 5.91 Å². The first-order valence-electron chi connectivity index (χ1n) is 7.64. The van der Waals surface area contributed by atoms with Gasteiger partial charge in [-0.1, -0.05) is 18.5 Å². The molecule has 0 radical (unpaired) electrons. The molecule has 1 aromatic rings. The number of amides is 1. The maximum atomic E-state index is 11.1. The normalized spacial score (nSPS) is 16.7. The van der Waals surface area contributed by atoms with Crippen molar-refractivity contribution < 1.29 is 4.79 Å². The van der Waals surface area contributed by atoms with E-state index in [9.17, 15) is 4.79 Å². The predicted octanol–water partition coefficient (Wildman–Crippen LogP) is 3.58. The third-order valence-corrected chi connectivity index (χ3v) is 4.09. The molecule has 116 valence electrons. The molecule has 1 saturated heterocycles. The Kier molecular flexibility index (Phi) is 5.88. The van der Waals surface area contributed by atoms with E-state index in [4.69, 9.17) is 11.6 Å². The van der Waals surface area contributed by atoms with Crippen LogP contribution in [0, 0.1) is 0 Å². The van der Waals surface area contributed by atoms with E-state index in [0.717, 1.165) is 31.6 Å². The number of hydrogen-bond donors (Lipinski definition) is 2. The minimum atomic E-state index is -0.110. The average molecular weight is 310 g/mol. The number of rotatable bonds is 5. The summed E-state index contributed by atoms with van der Waals surface area (Å²) in [5.41, 5.74) is 1.68. The van der Waals surface area contributed by atoms with Gasteiger partial charge in [-0.2, -0.15) is 0 Å². The molecule has 0 aliphatic carbocycles. The first-order valence-corrected chi connectivity index (χ1v) is 8.02. The van der Waals surface area contributed by atoms with E-state index in [1.165, 1.54) is 19.9 Å². The minimum absolute atomic E-state index is 0.110. The Morgan fingerprint density at radius 2 is 2.10 bits per heavy atom. The topological polar surface area (TPSA) is 44.4 Å². The van der Waals surface area contributed by atoms with E-state index in [2.05, 4.69) is 22.5 Å². The van der Waals surface area contributed by atoms with Crippen LogP contribution < -0.4 is 10.6 Å². The fourth-order valence-electron chi connectivity index (χ4n) is 2.75. The Bertz CT molecular complexity index is 484. The summed E-state index contributed by atoms with van der Waals surface area (Å²) in [7, 11) is 0. The zero-order valence-electron chi connectivity index (χ0n) is 12.8. The van der Waals surface area contributed by atoms with Crippen molar-refractivity contribution in [3.05, 3.63) is 23.2 Å². The van der Waals surface area contributed by atoms with Gasteiger partial charge in [-0.15, -0.1) is 0 Å². The largest absolute Gasteiger partial charge is 0.382 e. The molecule has 21 heavy (non-hydrogen) atoms. The summed E-state index contributed by atoms with van der Waals surface area (Å²) in [4.78, 5) is 13.6. The molecule has 0 spiro atoms. The Labute approximate surface area is 131 Å². The zero-order chi connectivity index (χ0) is 15.2. The van der Waals surface area contributed by atoms with Gasteiger partial charge >= 0.3 is 0 Å². The number of hydrogen-bond acceptors (Lipinski definition) is 3. The maximum Gasteiger partial charge on any atom is 0.221 e. The van der Waals surface area contributed by atoms with E-state index >= 15 is 0 Å². The second-order valence-electron chi connectivity index (χ2n) is 5.64. The molecule has 2 N–H and O–H groups in total. The van der Waals surface area contributed by atoms with Gasteiger partial charge in [0.15, 0.2) is 0 Å². The molecule has 1 aliphatic rings. The van der Waals surface area contributed by atoms with Gasteiger partial charge in [0.05, 0.1) is 10.7 Å². The number of piperidine rings is 1. The fraction of sp³-hybridized carbons (Fsp3) is 0.562. The lowest BCUT2D eigenvalue weighted by molar-refractivity contribution is -0.114. The summed E-state index contributed by atoms with van der Waals surface area (Å²) in [5, 5.41) is 6.83.